The molecule has 0 saturated heterocycles. The second-order valence-corrected chi connectivity index (χ2v) is 7.09. The highest BCUT2D eigenvalue weighted by Gasteiger charge is 2.50. The van der Waals surface area contributed by atoms with Crippen LogP contribution in [0.3, 0.4) is 0 Å². The number of hydrogen-bond donors (Lipinski definition) is 2. The van der Waals surface area contributed by atoms with Crippen molar-refractivity contribution in [1.82, 2.24) is 10.4 Å². The number of fused-ring (bicyclic) bond motifs is 1. The maximum Gasteiger partial charge on any atom is 0.287 e. The van der Waals surface area contributed by atoms with Gasteiger partial charge in [-0.05, 0) is 57.7 Å². The molecule has 5 heteroatoms. The maximum atomic E-state index is 11.8. The molecule has 2 unspecified atom stereocenters. The lowest BCUT2D eigenvalue weighted by Gasteiger charge is -2.55. The summed E-state index contributed by atoms with van der Waals surface area (Å²) in [6, 6.07) is 1.73. The summed E-state index contributed by atoms with van der Waals surface area (Å²) in [4.78, 5) is 14.7. The lowest BCUT2D eigenvalue weighted by atomic mass is 9.49. The van der Waals surface area contributed by atoms with E-state index in [4.69, 9.17) is 0 Å². The summed E-state index contributed by atoms with van der Waals surface area (Å²) in [7, 11) is 0. The number of carbonyl (C=O) groups excluding carboxylic acids is 1. The van der Waals surface area contributed by atoms with Gasteiger partial charge in [-0.3, -0.25) is 4.79 Å². The minimum Gasteiger partial charge on any atom is -0.356 e. The predicted molar refractivity (Wildman–Crippen MR) is 82.5 cm³/mol. The molecule has 4 rings (SSSR count). The van der Waals surface area contributed by atoms with Gasteiger partial charge in [0.25, 0.3) is 5.91 Å². The summed E-state index contributed by atoms with van der Waals surface area (Å²) in [5.41, 5.74) is 4.69. The molecule has 1 aromatic heterocycles. The number of allylic oxidation sites excluding steroid dienone is 2. The van der Waals surface area contributed by atoms with E-state index in [-0.39, 0.29) is 5.91 Å². The minimum absolute atomic E-state index is 0.228. The van der Waals surface area contributed by atoms with Crippen molar-refractivity contribution in [1.29, 1.82) is 0 Å². The summed E-state index contributed by atoms with van der Waals surface area (Å²) >= 11 is 3.30. The van der Waals surface area contributed by atoms with Gasteiger partial charge in [0.1, 0.15) is 5.69 Å². The largest absolute Gasteiger partial charge is 0.356 e. The molecule has 0 aliphatic heterocycles. The molecule has 20 heavy (non-hydrogen) atoms. The average Bonchev–Trinajstić information content (AvgIpc) is 2.85. The molecule has 3 aliphatic rings. The molecule has 3 aliphatic carbocycles. The van der Waals surface area contributed by atoms with Gasteiger partial charge in [0.2, 0.25) is 0 Å². The van der Waals surface area contributed by atoms with Gasteiger partial charge in [0.15, 0.2) is 0 Å². The Morgan fingerprint density at radius 2 is 2.40 bits per heavy atom. The summed E-state index contributed by atoms with van der Waals surface area (Å²) in [6.45, 7) is 4.64. The van der Waals surface area contributed by atoms with Gasteiger partial charge in [-0.2, -0.15) is 5.10 Å². The normalized spacial score (nSPS) is 27.1. The van der Waals surface area contributed by atoms with Gasteiger partial charge in [0, 0.05) is 10.7 Å². The van der Waals surface area contributed by atoms with E-state index >= 15 is 0 Å². The van der Waals surface area contributed by atoms with E-state index in [9.17, 15) is 4.79 Å². The first-order valence-corrected chi connectivity index (χ1v) is 7.65. The lowest BCUT2D eigenvalue weighted by Crippen LogP contribution is -2.48. The molecule has 1 heterocycles. The van der Waals surface area contributed by atoms with Crippen LogP contribution in [-0.2, 0) is 0 Å². The van der Waals surface area contributed by atoms with Gasteiger partial charge >= 0.3 is 0 Å². The molecule has 106 valence electrons. The van der Waals surface area contributed by atoms with E-state index < -0.39 is 0 Å². The monoisotopic (exact) mass is 335 g/mol. The second-order valence-electron chi connectivity index (χ2n) is 6.18. The third-order valence-corrected chi connectivity index (χ3v) is 5.24. The molecular weight excluding hydrogens is 318 g/mol. The first-order chi connectivity index (χ1) is 9.48. The summed E-state index contributed by atoms with van der Waals surface area (Å²) < 4.78 is 0.851. The number of hydrazone groups is 1. The zero-order valence-electron chi connectivity index (χ0n) is 11.6. The summed E-state index contributed by atoms with van der Waals surface area (Å²) in [5.74, 6) is 1.17. The molecule has 1 aromatic rings. The molecule has 0 spiro atoms. The van der Waals surface area contributed by atoms with E-state index in [2.05, 4.69) is 51.4 Å². The standard InChI is InChI=1S/C15H18BrN3O/c1-15(2)10-4-3-9(12(15)5-10)7-18-19-14(20)13-6-11(16)8-17-13/h3,6-8,10,12,17H,4-5H2,1-2H3,(H,19,20)/b18-7+. The third-order valence-electron chi connectivity index (χ3n) is 4.78. The van der Waals surface area contributed by atoms with Crippen LogP contribution in [0.2, 0.25) is 0 Å². The molecule has 4 nitrogen and oxygen atoms in total. The fraction of sp³-hybridized carbons (Fsp3) is 0.467. The van der Waals surface area contributed by atoms with Gasteiger partial charge in [-0.15, -0.1) is 0 Å². The SMILES string of the molecule is CC1(C)C2CC=C(/C=N/NC(=O)c3cc(Br)c[nH]3)C1C2. The van der Waals surface area contributed by atoms with Crippen LogP contribution in [0.1, 0.15) is 37.2 Å². The molecule has 1 fully saturated rings. The first kappa shape index (κ1) is 13.6. The number of rotatable bonds is 3. The smallest absolute Gasteiger partial charge is 0.287 e. The van der Waals surface area contributed by atoms with Crippen LogP contribution in [-0.4, -0.2) is 17.1 Å². The Balaban J connectivity index is 1.61. The van der Waals surface area contributed by atoms with Crippen molar-refractivity contribution in [2.75, 3.05) is 0 Å². The molecule has 1 amide bonds. The van der Waals surface area contributed by atoms with Crippen LogP contribution in [0.15, 0.2) is 33.5 Å². The number of aromatic nitrogens is 1. The Morgan fingerprint density at radius 3 is 3.00 bits per heavy atom. The molecule has 0 radical (unpaired) electrons. The van der Waals surface area contributed by atoms with Crippen LogP contribution in [0.5, 0.6) is 0 Å². The average molecular weight is 336 g/mol. The van der Waals surface area contributed by atoms with Gasteiger partial charge in [-0.25, -0.2) is 5.43 Å². The van der Waals surface area contributed by atoms with E-state index in [1.165, 1.54) is 12.0 Å². The van der Waals surface area contributed by atoms with E-state index in [0.29, 0.717) is 17.0 Å². The quantitative estimate of drug-likeness (QED) is 0.644. The Morgan fingerprint density at radius 1 is 1.60 bits per heavy atom. The highest BCUT2D eigenvalue weighted by atomic mass is 79.9. The minimum atomic E-state index is -0.228. The molecule has 2 N–H and O–H groups in total. The second kappa shape index (κ2) is 4.88. The van der Waals surface area contributed by atoms with Crippen molar-refractivity contribution in [3.8, 4) is 0 Å². The number of nitrogens with one attached hydrogen (secondary N) is 2. The molecular formula is C15H18BrN3O. The van der Waals surface area contributed by atoms with Crippen LogP contribution >= 0.6 is 15.9 Å². The van der Waals surface area contributed by atoms with Crippen molar-refractivity contribution in [3.05, 3.63) is 34.1 Å². The van der Waals surface area contributed by atoms with Crippen LogP contribution < -0.4 is 5.43 Å². The van der Waals surface area contributed by atoms with Crippen molar-refractivity contribution < 1.29 is 4.79 Å². The number of carbonyl (C=O) groups is 1. The van der Waals surface area contributed by atoms with E-state index in [0.717, 1.165) is 16.8 Å². The summed E-state index contributed by atoms with van der Waals surface area (Å²) in [6.07, 6.45) is 8.16. The number of amides is 1. The third kappa shape index (κ3) is 2.24. The maximum absolute atomic E-state index is 11.8. The fourth-order valence-corrected chi connectivity index (χ4v) is 3.61. The fourth-order valence-electron chi connectivity index (χ4n) is 3.27. The zero-order chi connectivity index (χ0) is 14.3. The van der Waals surface area contributed by atoms with Crippen molar-refractivity contribution in [2.24, 2.45) is 22.4 Å². The van der Waals surface area contributed by atoms with Crippen LogP contribution in [0.4, 0.5) is 0 Å². The van der Waals surface area contributed by atoms with Crippen LogP contribution in [0, 0.1) is 17.3 Å². The highest BCUT2D eigenvalue weighted by Crippen LogP contribution is 2.58. The Kier molecular flexibility index (Phi) is 3.32. The zero-order valence-corrected chi connectivity index (χ0v) is 13.2. The molecule has 2 atom stereocenters. The predicted octanol–water partition coefficient (Wildman–Crippen LogP) is 3.49. The van der Waals surface area contributed by atoms with Gasteiger partial charge in [0.05, 0.1) is 6.21 Å². The Bertz CT molecular complexity index is 600. The molecule has 0 aromatic carbocycles. The van der Waals surface area contributed by atoms with Crippen molar-refractivity contribution >= 4 is 28.1 Å². The Hall–Kier alpha value is -1.36. The summed E-state index contributed by atoms with van der Waals surface area (Å²) in [5, 5.41) is 4.09. The molecule has 2 bridgehead atoms. The van der Waals surface area contributed by atoms with E-state index in [1.807, 2.05) is 0 Å². The number of hydrogen-bond acceptors (Lipinski definition) is 2. The number of H-pyrrole nitrogens is 1. The Labute approximate surface area is 126 Å². The first-order valence-electron chi connectivity index (χ1n) is 6.86. The van der Waals surface area contributed by atoms with Gasteiger partial charge in [-0.1, -0.05) is 19.9 Å². The number of aromatic amines is 1. The van der Waals surface area contributed by atoms with Crippen molar-refractivity contribution in [2.45, 2.75) is 26.7 Å². The highest BCUT2D eigenvalue weighted by molar-refractivity contribution is 9.10. The van der Waals surface area contributed by atoms with Gasteiger partial charge < -0.3 is 4.98 Å². The lowest BCUT2D eigenvalue weighted by molar-refractivity contribution is -0.00126. The topological polar surface area (TPSA) is 57.2 Å². The molecule has 1 saturated carbocycles. The van der Waals surface area contributed by atoms with Crippen molar-refractivity contribution in [3.63, 3.8) is 0 Å². The van der Waals surface area contributed by atoms with E-state index in [1.54, 1.807) is 18.5 Å². The van der Waals surface area contributed by atoms with Crippen LogP contribution in [0.25, 0.3) is 0 Å². The number of halogens is 1. The number of nitrogens with zero attached hydrogens (tertiary/aromatic N) is 1.